The van der Waals surface area contributed by atoms with Crippen LogP contribution >= 0.6 is 7.82 Å². The summed E-state index contributed by atoms with van der Waals surface area (Å²) in [5.41, 5.74) is 0. The van der Waals surface area contributed by atoms with Gasteiger partial charge in [0.2, 0.25) is 0 Å². The van der Waals surface area contributed by atoms with Gasteiger partial charge in [-0.2, -0.15) is 0 Å². The first kappa shape index (κ1) is 51.8. The summed E-state index contributed by atoms with van der Waals surface area (Å²) in [6.07, 6.45) is 23.9. The molecular weight excluding hydrogens is 727 g/mol. The number of aliphatic hydroxyl groups excluding tert-OH is 5. The van der Waals surface area contributed by atoms with E-state index in [1.54, 1.807) is 0 Å². The molecular formula is C42H79O12P. The molecule has 6 atom stereocenters. The maximum Gasteiger partial charge on any atom is 0.472 e. The fourth-order valence-corrected chi connectivity index (χ4v) is 7.49. The predicted molar refractivity (Wildman–Crippen MR) is 216 cm³/mol. The standard InChI is InChI=1S/C42H79O12P/c1-3-5-7-9-11-13-15-17-18-20-22-24-26-28-30-32-51-33-35(34-52-55(49,50)54-42-40(47)38(45)37(44)39(46)41(42)48)53-36(43)31-29-27-25-23-21-19-16-14-12-10-8-6-4-2/h14-17,35,37-42,44-48H,3-13,18-34H2,1-2H3,(H,49,50)/b16-14-,17-15-. The van der Waals surface area contributed by atoms with Crippen LogP contribution in [0.4, 0.5) is 0 Å². The Hall–Kier alpha value is -1.18. The van der Waals surface area contributed by atoms with E-state index in [0.29, 0.717) is 13.0 Å². The van der Waals surface area contributed by atoms with E-state index in [1.807, 2.05) is 0 Å². The maximum atomic E-state index is 12.8. The van der Waals surface area contributed by atoms with Crippen molar-refractivity contribution in [3.05, 3.63) is 24.3 Å². The van der Waals surface area contributed by atoms with E-state index in [2.05, 4.69) is 38.2 Å². The molecule has 13 heteroatoms. The minimum absolute atomic E-state index is 0.0822. The van der Waals surface area contributed by atoms with Gasteiger partial charge in [0, 0.05) is 13.0 Å². The van der Waals surface area contributed by atoms with Gasteiger partial charge in [-0.1, -0.05) is 128 Å². The van der Waals surface area contributed by atoms with Gasteiger partial charge in [0.15, 0.2) is 0 Å². The SMILES string of the molecule is CCCCCC/C=C\CCCCCCCC(=O)OC(COCCCCCCCC/C=C\CCCCCCC)COP(=O)(O)OC1C(O)C(O)C(O)C(O)C1O. The number of rotatable bonds is 36. The van der Waals surface area contributed by atoms with E-state index >= 15 is 0 Å². The van der Waals surface area contributed by atoms with E-state index in [0.717, 1.165) is 70.6 Å². The van der Waals surface area contributed by atoms with Gasteiger partial charge in [-0.3, -0.25) is 13.8 Å². The highest BCUT2D eigenvalue weighted by Crippen LogP contribution is 2.47. The summed E-state index contributed by atoms with van der Waals surface area (Å²) in [5, 5.41) is 50.1. The average Bonchev–Trinajstić information content (AvgIpc) is 3.17. The molecule has 1 aliphatic carbocycles. The van der Waals surface area contributed by atoms with Crippen LogP contribution in [-0.2, 0) is 27.9 Å². The molecule has 0 spiro atoms. The van der Waals surface area contributed by atoms with Crippen molar-refractivity contribution in [2.24, 2.45) is 0 Å². The zero-order valence-corrected chi connectivity index (χ0v) is 35.1. The van der Waals surface area contributed by atoms with Crippen molar-refractivity contribution in [1.82, 2.24) is 0 Å². The molecule has 1 saturated carbocycles. The quantitative estimate of drug-likeness (QED) is 0.0154. The number of phosphoric ester groups is 1. The van der Waals surface area contributed by atoms with Crippen LogP contribution in [-0.4, -0.2) is 98.9 Å². The molecule has 6 unspecified atom stereocenters. The van der Waals surface area contributed by atoms with Crippen molar-refractivity contribution in [1.29, 1.82) is 0 Å². The third-order valence-corrected chi connectivity index (χ3v) is 11.0. The molecule has 0 bridgehead atoms. The highest BCUT2D eigenvalue weighted by atomic mass is 31.2. The summed E-state index contributed by atoms with van der Waals surface area (Å²) in [5.74, 6) is -0.489. The van der Waals surface area contributed by atoms with Crippen LogP contribution in [0.2, 0.25) is 0 Å². The van der Waals surface area contributed by atoms with Crippen LogP contribution in [0.3, 0.4) is 0 Å². The lowest BCUT2D eigenvalue weighted by atomic mass is 9.85. The number of esters is 1. The number of carbonyl (C=O) groups excluding carboxylic acids is 1. The molecule has 55 heavy (non-hydrogen) atoms. The Morgan fingerprint density at radius 3 is 1.45 bits per heavy atom. The molecule has 1 rings (SSSR count). The van der Waals surface area contributed by atoms with Crippen LogP contribution in [0, 0.1) is 0 Å². The van der Waals surface area contributed by atoms with Crippen molar-refractivity contribution in [2.45, 2.75) is 217 Å². The Morgan fingerprint density at radius 2 is 0.964 bits per heavy atom. The van der Waals surface area contributed by atoms with E-state index in [1.165, 1.54) is 77.0 Å². The first-order chi connectivity index (χ1) is 26.5. The van der Waals surface area contributed by atoms with Crippen LogP contribution in [0.15, 0.2) is 24.3 Å². The fourth-order valence-electron chi connectivity index (χ4n) is 6.52. The monoisotopic (exact) mass is 807 g/mol. The number of hydrogen-bond donors (Lipinski definition) is 6. The molecule has 1 fully saturated rings. The number of hydrogen-bond acceptors (Lipinski definition) is 11. The first-order valence-electron chi connectivity index (χ1n) is 21.7. The number of allylic oxidation sites excluding steroid dienone is 4. The van der Waals surface area contributed by atoms with Gasteiger partial charge in [-0.05, 0) is 64.2 Å². The zero-order chi connectivity index (χ0) is 40.6. The van der Waals surface area contributed by atoms with Crippen LogP contribution in [0.1, 0.15) is 174 Å². The molecule has 0 aromatic rings. The van der Waals surface area contributed by atoms with Gasteiger partial charge in [0.1, 0.15) is 42.7 Å². The van der Waals surface area contributed by atoms with Crippen molar-refractivity contribution < 1.29 is 58.3 Å². The summed E-state index contributed by atoms with van der Waals surface area (Å²) < 4.78 is 34.1. The van der Waals surface area contributed by atoms with E-state index in [-0.39, 0.29) is 13.0 Å². The molecule has 0 saturated heterocycles. The van der Waals surface area contributed by atoms with Crippen LogP contribution in [0.5, 0.6) is 0 Å². The largest absolute Gasteiger partial charge is 0.472 e. The lowest BCUT2D eigenvalue weighted by molar-refractivity contribution is -0.220. The molecule has 6 N–H and O–H groups in total. The van der Waals surface area contributed by atoms with Gasteiger partial charge in [-0.15, -0.1) is 0 Å². The van der Waals surface area contributed by atoms with Crippen molar-refractivity contribution in [2.75, 3.05) is 19.8 Å². The van der Waals surface area contributed by atoms with Gasteiger partial charge in [0.25, 0.3) is 0 Å². The Kier molecular flexibility index (Phi) is 31.8. The lowest BCUT2D eigenvalue weighted by Gasteiger charge is -2.41. The topological polar surface area (TPSA) is 192 Å². The summed E-state index contributed by atoms with van der Waals surface area (Å²) in [6, 6.07) is 0. The summed E-state index contributed by atoms with van der Waals surface area (Å²) in [4.78, 5) is 23.1. The van der Waals surface area contributed by atoms with Gasteiger partial charge in [-0.25, -0.2) is 4.57 Å². The summed E-state index contributed by atoms with van der Waals surface area (Å²) in [7, 11) is -5.01. The molecule has 12 nitrogen and oxygen atoms in total. The van der Waals surface area contributed by atoms with Crippen LogP contribution in [0.25, 0.3) is 0 Å². The Morgan fingerprint density at radius 1 is 0.564 bits per heavy atom. The molecule has 324 valence electrons. The third-order valence-electron chi connectivity index (χ3n) is 10.0. The zero-order valence-electron chi connectivity index (χ0n) is 34.2. The van der Waals surface area contributed by atoms with Crippen molar-refractivity contribution in [3.63, 3.8) is 0 Å². The summed E-state index contributed by atoms with van der Waals surface area (Å²) in [6.45, 7) is 4.20. The average molecular weight is 807 g/mol. The molecule has 0 amide bonds. The highest BCUT2D eigenvalue weighted by molar-refractivity contribution is 7.47. The number of ether oxygens (including phenoxy) is 2. The normalized spacial score (nSPS) is 23.4. The van der Waals surface area contributed by atoms with Crippen LogP contribution < -0.4 is 0 Å². The smallest absolute Gasteiger partial charge is 0.457 e. The number of aliphatic hydroxyl groups is 5. The minimum atomic E-state index is -5.01. The molecule has 0 aliphatic heterocycles. The Bertz CT molecular complexity index is 1010. The molecule has 1 aliphatic rings. The van der Waals surface area contributed by atoms with Gasteiger partial charge < -0.3 is 39.9 Å². The minimum Gasteiger partial charge on any atom is -0.457 e. The Balaban J connectivity index is 2.44. The highest BCUT2D eigenvalue weighted by Gasteiger charge is 2.51. The first-order valence-corrected chi connectivity index (χ1v) is 23.2. The van der Waals surface area contributed by atoms with Crippen molar-refractivity contribution >= 4 is 13.8 Å². The predicted octanol–water partition coefficient (Wildman–Crippen LogP) is 8.14. The molecule has 0 aromatic carbocycles. The van der Waals surface area contributed by atoms with Crippen molar-refractivity contribution in [3.8, 4) is 0 Å². The second-order valence-electron chi connectivity index (χ2n) is 15.2. The molecule has 0 heterocycles. The fraction of sp³-hybridized carbons (Fsp3) is 0.881. The number of phosphoric acid groups is 1. The molecule has 0 radical (unpaired) electrons. The second kappa shape index (κ2) is 33.8. The van der Waals surface area contributed by atoms with E-state index in [4.69, 9.17) is 18.5 Å². The lowest BCUT2D eigenvalue weighted by Crippen LogP contribution is -2.64. The Labute approximate surface area is 332 Å². The van der Waals surface area contributed by atoms with E-state index in [9.17, 15) is 39.8 Å². The maximum absolute atomic E-state index is 12.8. The second-order valence-corrected chi connectivity index (χ2v) is 16.6. The summed E-state index contributed by atoms with van der Waals surface area (Å²) >= 11 is 0. The number of unbranched alkanes of at least 4 members (excludes halogenated alkanes) is 20. The number of carbonyl (C=O) groups is 1. The molecule has 0 aromatic heterocycles. The van der Waals surface area contributed by atoms with Gasteiger partial charge in [0.05, 0.1) is 13.2 Å². The van der Waals surface area contributed by atoms with E-state index < -0.39 is 63.1 Å². The van der Waals surface area contributed by atoms with Gasteiger partial charge >= 0.3 is 13.8 Å². The third kappa shape index (κ3) is 26.4.